The average molecular weight is 702 g/mol. The van der Waals surface area contributed by atoms with Crippen LogP contribution < -0.4 is 26.0 Å². The smallest absolute Gasteiger partial charge is 0.320 e. The maximum absolute atomic E-state index is 12.6. The zero-order chi connectivity index (χ0) is 34.7. The van der Waals surface area contributed by atoms with E-state index in [1.165, 1.54) is 26.7 Å². The molecule has 15 heteroatoms. The second-order valence-electron chi connectivity index (χ2n) is 14.0. The van der Waals surface area contributed by atoms with Crippen molar-refractivity contribution in [3.8, 4) is 18.1 Å². The van der Waals surface area contributed by atoms with Gasteiger partial charge in [-0.15, -0.1) is 11.3 Å². The Labute approximate surface area is 295 Å². The summed E-state index contributed by atoms with van der Waals surface area (Å²) in [7, 11) is 3.21. The molecule has 1 atom stereocenters. The fourth-order valence-corrected chi connectivity index (χ4v) is 9.60. The fourth-order valence-electron chi connectivity index (χ4n) is 8.25. The molecule has 5 aliphatic rings. The first-order valence-corrected chi connectivity index (χ1v) is 17.8. The van der Waals surface area contributed by atoms with Gasteiger partial charge < -0.3 is 30.9 Å². The molecule has 0 saturated carbocycles. The number of nitrogens with two attached hydrogens (primary N) is 2. The Bertz CT molecular complexity index is 1880. The zero-order valence-corrected chi connectivity index (χ0v) is 29.5. The Morgan fingerprint density at radius 3 is 2.55 bits per heavy atom. The molecule has 0 radical (unpaired) electrons. The molecule has 2 aromatic heterocycles. The van der Waals surface area contributed by atoms with E-state index in [9.17, 15) is 15.3 Å². The van der Waals surface area contributed by atoms with Gasteiger partial charge >= 0.3 is 6.01 Å². The summed E-state index contributed by atoms with van der Waals surface area (Å²) in [6.45, 7) is 8.93. The number of ether oxygens (including phenoxy) is 1. The van der Waals surface area contributed by atoms with Gasteiger partial charge in [-0.1, -0.05) is 23.8 Å². The number of carbonyl (C=O) groups is 1. The van der Waals surface area contributed by atoms with Crippen LogP contribution in [0.15, 0.2) is 27.9 Å². The van der Waals surface area contributed by atoms with E-state index in [0.29, 0.717) is 72.7 Å². The molecule has 4 N–H and O–H groups in total. The first-order valence-electron chi connectivity index (χ1n) is 16.6. The third-order valence-corrected chi connectivity index (χ3v) is 12.1. The minimum Gasteiger partial charge on any atom is -0.461 e. The highest BCUT2D eigenvalue weighted by atomic mass is 35.5. The maximum atomic E-state index is 12.6. The second-order valence-corrected chi connectivity index (χ2v) is 15.5. The third-order valence-electron chi connectivity index (χ3n) is 10.6. The van der Waals surface area contributed by atoms with E-state index in [1.807, 2.05) is 4.90 Å². The molecule has 2 aromatic rings. The molecule has 6 heterocycles. The van der Waals surface area contributed by atoms with E-state index in [-0.39, 0.29) is 34.2 Å². The number of aromatic nitrogens is 2. The van der Waals surface area contributed by atoms with Crippen molar-refractivity contribution in [3.05, 3.63) is 44.4 Å². The number of aliphatic imine (C=N–C) groups is 1. The number of carbonyl (C=O) groups excluding carboxylic acids is 1. The number of likely N-dealkylation sites (N-methyl/N-ethyl adjacent to an activating group) is 1. The van der Waals surface area contributed by atoms with Crippen LogP contribution in [-0.2, 0) is 16.6 Å². The van der Waals surface area contributed by atoms with Gasteiger partial charge in [-0.2, -0.15) is 20.5 Å². The van der Waals surface area contributed by atoms with E-state index >= 15 is 0 Å². The van der Waals surface area contributed by atoms with Crippen LogP contribution in [0.1, 0.15) is 53.7 Å². The largest absolute Gasteiger partial charge is 0.461 e. The molecule has 1 amide bonds. The summed E-state index contributed by atoms with van der Waals surface area (Å²) >= 11 is 8.20. The zero-order valence-electron chi connectivity index (χ0n) is 27.9. The van der Waals surface area contributed by atoms with E-state index in [4.69, 9.17) is 37.8 Å². The van der Waals surface area contributed by atoms with Crippen molar-refractivity contribution >= 4 is 51.2 Å². The standard InChI is InChI=1S/C34H40ClN11O2S/c1-20-12-34(7-4-11-46(34)15-20)19-48-32-41-29(44-10-5-9-40-23(16-44)26(35)27(38)31(47)43(2)3)22(14-37)30(42-32)45-17-33(18-45)8-6-24-25(33)21(13-36)28(39)49-24/h1,4-12,15-19,38-39H2,2-3H3/b27-26+. The molecule has 0 bridgehead atoms. The van der Waals surface area contributed by atoms with Gasteiger partial charge in [-0.25, -0.2) is 0 Å². The Hall–Kier alpha value is -4.37. The minimum absolute atomic E-state index is 0.0850. The van der Waals surface area contributed by atoms with Crippen molar-refractivity contribution in [1.82, 2.24) is 19.8 Å². The van der Waals surface area contributed by atoms with Gasteiger partial charge in [0.05, 0.1) is 28.4 Å². The molecule has 7 rings (SSSR count). The minimum atomic E-state index is -0.412. The number of hydrogen-bond acceptors (Lipinski definition) is 13. The molecular formula is C34H40ClN11O2S. The number of amides is 1. The maximum Gasteiger partial charge on any atom is 0.320 e. The van der Waals surface area contributed by atoms with Gasteiger partial charge in [0.15, 0.2) is 11.6 Å². The SMILES string of the molecule is C=C1CN2CCCC2(COc2nc(N3CCCN=C(/C(Cl)=C(\N)C(=O)N(C)C)C3)c(C#N)c(N3CC4(CCc5sc(N)c(C#N)c54)C3)n2)C1. The molecule has 49 heavy (non-hydrogen) atoms. The number of anilines is 3. The summed E-state index contributed by atoms with van der Waals surface area (Å²) in [6.07, 6.45) is 5.43. The van der Waals surface area contributed by atoms with Crippen molar-refractivity contribution < 1.29 is 9.53 Å². The molecule has 3 fully saturated rings. The van der Waals surface area contributed by atoms with Gasteiger partial charge in [-0.3, -0.25) is 14.7 Å². The molecule has 256 valence electrons. The Balaban J connectivity index is 1.25. The van der Waals surface area contributed by atoms with E-state index < -0.39 is 5.91 Å². The summed E-state index contributed by atoms with van der Waals surface area (Å²) in [5.41, 5.74) is 15.6. The predicted molar refractivity (Wildman–Crippen MR) is 190 cm³/mol. The van der Waals surface area contributed by atoms with E-state index in [1.54, 1.807) is 14.1 Å². The van der Waals surface area contributed by atoms with Gasteiger partial charge in [-0.05, 0) is 50.6 Å². The fraction of sp³-hybridized carbons (Fsp3) is 0.529. The first kappa shape index (κ1) is 33.1. The van der Waals surface area contributed by atoms with Crippen LogP contribution in [0.5, 0.6) is 6.01 Å². The first-order chi connectivity index (χ1) is 23.5. The van der Waals surface area contributed by atoms with Gasteiger partial charge in [0.2, 0.25) is 0 Å². The number of halogens is 1. The number of fused-ring (bicyclic) bond motifs is 3. The predicted octanol–water partition coefficient (Wildman–Crippen LogP) is 2.89. The molecule has 1 aliphatic carbocycles. The van der Waals surface area contributed by atoms with Gasteiger partial charge in [0.1, 0.15) is 35.0 Å². The van der Waals surface area contributed by atoms with Crippen LogP contribution in [0.4, 0.5) is 16.6 Å². The van der Waals surface area contributed by atoms with Gasteiger partial charge in [0, 0.05) is 57.1 Å². The average Bonchev–Trinajstić information content (AvgIpc) is 3.74. The van der Waals surface area contributed by atoms with Gasteiger partial charge in [0.25, 0.3) is 5.91 Å². The summed E-state index contributed by atoms with van der Waals surface area (Å²) in [5, 5.41) is 21.3. The van der Waals surface area contributed by atoms with E-state index in [0.717, 1.165) is 50.8 Å². The number of nitriles is 2. The highest BCUT2D eigenvalue weighted by Gasteiger charge is 2.52. The molecule has 13 nitrogen and oxygen atoms in total. The number of hydrogen-bond donors (Lipinski definition) is 2. The number of rotatable bonds is 7. The quantitative estimate of drug-likeness (QED) is 0.321. The lowest BCUT2D eigenvalue weighted by Crippen LogP contribution is -2.59. The van der Waals surface area contributed by atoms with E-state index in [2.05, 4.69) is 33.5 Å². The monoisotopic (exact) mass is 701 g/mol. The Kier molecular flexibility index (Phi) is 8.46. The molecule has 1 unspecified atom stereocenters. The van der Waals surface area contributed by atoms with Crippen LogP contribution in [0, 0.1) is 22.7 Å². The number of aryl methyl sites for hydroxylation is 1. The van der Waals surface area contributed by atoms with Crippen molar-refractivity contribution in [2.75, 3.05) is 82.0 Å². The number of thiophene rings is 1. The van der Waals surface area contributed by atoms with Crippen molar-refractivity contribution in [2.45, 2.75) is 49.5 Å². The molecule has 3 saturated heterocycles. The van der Waals surface area contributed by atoms with Crippen molar-refractivity contribution in [2.24, 2.45) is 10.7 Å². The topological polar surface area (TPSA) is 177 Å². The number of nitrogens with zero attached hydrogens (tertiary/aromatic N) is 9. The lowest BCUT2D eigenvalue weighted by Gasteiger charge is -2.49. The number of nitrogen functional groups attached to an aromatic ring is 1. The lowest BCUT2D eigenvalue weighted by atomic mass is 9.74. The molecular weight excluding hydrogens is 662 g/mol. The Morgan fingerprint density at radius 2 is 1.84 bits per heavy atom. The summed E-state index contributed by atoms with van der Waals surface area (Å²) in [5.74, 6) is 0.498. The highest BCUT2D eigenvalue weighted by Crippen LogP contribution is 2.53. The normalized spacial score (nSPS) is 23.2. The van der Waals surface area contributed by atoms with Crippen LogP contribution in [0.25, 0.3) is 0 Å². The second kappa shape index (κ2) is 12.5. The van der Waals surface area contributed by atoms with Crippen LogP contribution in [0.2, 0.25) is 0 Å². The third kappa shape index (κ3) is 5.56. The molecule has 1 spiro atoms. The van der Waals surface area contributed by atoms with Crippen molar-refractivity contribution in [1.29, 1.82) is 10.5 Å². The summed E-state index contributed by atoms with van der Waals surface area (Å²) in [6, 6.07) is 4.93. The highest BCUT2D eigenvalue weighted by molar-refractivity contribution is 7.16. The molecule has 0 aromatic carbocycles. The summed E-state index contributed by atoms with van der Waals surface area (Å²) < 4.78 is 6.49. The lowest BCUT2D eigenvalue weighted by molar-refractivity contribution is -0.124. The van der Waals surface area contributed by atoms with Crippen LogP contribution in [-0.4, -0.2) is 103 Å². The summed E-state index contributed by atoms with van der Waals surface area (Å²) in [4.78, 5) is 36.1. The molecule has 4 aliphatic heterocycles. The Morgan fingerprint density at radius 1 is 1.10 bits per heavy atom. The van der Waals surface area contributed by atoms with Crippen molar-refractivity contribution in [3.63, 3.8) is 0 Å². The van der Waals surface area contributed by atoms with Crippen LogP contribution >= 0.6 is 22.9 Å². The van der Waals surface area contributed by atoms with Crippen LogP contribution in [0.3, 0.4) is 0 Å².